The van der Waals surface area contributed by atoms with E-state index in [-0.39, 0.29) is 10.8 Å². The molecule has 16 heteroatoms. The van der Waals surface area contributed by atoms with Gasteiger partial charge in [0.05, 0.1) is 11.6 Å². The maximum absolute atomic E-state index is 13.7. The summed E-state index contributed by atoms with van der Waals surface area (Å²) < 4.78 is 36.7. The fourth-order valence-corrected chi connectivity index (χ4v) is 5.00. The van der Waals surface area contributed by atoms with Gasteiger partial charge in [-0.3, -0.25) is 23.5 Å². The number of phosphoric ester groups is 1. The molecule has 0 saturated carbocycles. The summed E-state index contributed by atoms with van der Waals surface area (Å²) in [6.07, 6.45) is -4.68. The number of para-hydroxylation sites is 2. The van der Waals surface area contributed by atoms with Crippen LogP contribution in [0.3, 0.4) is 0 Å². The summed E-state index contributed by atoms with van der Waals surface area (Å²) >= 11 is 6.14. The summed E-state index contributed by atoms with van der Waals surface area (Å²) in [4.78, 5) is 26.3. The van der Waals surface area contributed by atoms with Crippen molar-refractivity contribution in [2.24, 2.45) is 0 Å². The molecule has 2 aromatic heterocycles. The third-order valence-electron chi connectivity index (χ3n) is 5.41. The number of fused-ring (bicyclic) bond motifs is 1. The molecule has 2 aromatic carbocycles. The van der Waals surface area contributed by atoms with Crippen LogP contribution < -0.4 is 20.4 Å². The average Bonchev–Trinajstić information content (AvgIpc) is 3.40. The number of phosphoric acid groups is 1. The van der Waals surface area contributed by atoms with Gasteiger partial charge in [-0.15, -0.1) is 5.10 Å². The maximum Gasteiger partial charge on any atom is 0.608 e. The largest absolute Gasteiger partial charge is 0.608 e. The lowest BCUT2D eigenvalue weighted by Crippen LogP contribution is -2.37. The summed E-state index contributed by atoms with van der Waals surface area (Å²) in [5, 5.41) is 28.8. The number of benzene rings is 2. The van der Waals surface area contributed by atoms with Gasteiger partial charge in [-0.2, -0.15) is 0 Å². The van der Waals surface area contributed by atoms with Gasteiger partial charge in [0.2, 0.25) is 0 Å². The molecule has 1 fully saturated rings. The van der Waals surface area contributed by atoms with Crippen molar-refractivity contribution in [3.8, 4) is 5.75 Å². The molecule has 4 aromatic rings. The molecule has 1 aliphatic rings. The number of nitrogens with zero attached hydrogens (tertiary/aromatic N) is 4. The van der Waals surface area contributed by atoms with Crippen molar-refractivity contribution >= 4 is 30.5 Å². The monoisotopic (exact) mass is 551 g/mol. The molecule has 14 nitrogen and oxygen atoms in total. The zero-order valence-electron chi connectivity index (χ0n) is 18.7. The van der Waals surface area contributed by atoms with Crippen molar-refractivity contribution in [1.29, 1.82) is 0 Å². The Labute approximate surface area is 212 Å². The number of aromatic nitrogens is 5. The number of rotatable bonds is 8. The Bertz CT molecular complexity index is 1590. The van der Waals surface area contributed by atoms with E-state index in [1.807, 2.05) is 4.98 Å². The van der Waals surface area contributed by atoms with E-state index in [2.05, 4.69) is 10.3 Å². The maximum atomic E-state index is 13.7. The second kappa shape index (κ2) is 10.1. The molecule has 5 atom stereocenters. The molecular formula is C21H19ClN5O9P. The molecule has 37 heavy (non-hydrogen) atoms. The molecule has 0 aliphatic carbocycles. The summed E-state index contributed by atoms with van der Waals surface area (Å²) in [5.41, 5.74) is -0.707. The van der Waals surface area contributed by atoms with Crippen LogP contribution in [0.1, 0.15) is 6.23 Å². The fourth-order valence-electron chi connectivity index (χ4n) is 3.60. The Morgan fingerprint density at radius 3 is 2.62 bits per heavy atom. The molecule has 0 radical (unpaired) electrons. The van der Waals surface area contributed by atoms with Gasteiger partial charge in [0.25, 0.3) is 5.56 Å². The summed E-state index contributed by atoms with van der Waals surface area (Å²) in [6, 6.07) is 13.9. The number of nitrogens with one attached hydrogen (secondary N) is 1. The van der Waals surface area contributed by atoms with Crippen molar-refractivity contribution in [3.63, 3.8) is 0 Å². The molecule has 3 N–H and O–H groups in total. The van der Waals surface area contributed by atoms with Crippen LogP contribution in [-0.4, -0.2) is 59.8 Å². The smallest absolute Gasteiger partial charge is 0.392 e. The van der Waals surface area contributed by atoms with Gasteiger partial charge < -0.3 is 19.5 Å². The standard InChI is InChI=1S/C21H19ClN5O9P/c22-12-5-1-4-8-15(12)35-37(32,36-27-14-7-3-2-6-13(14)24-25-27)33-11-16-18(29)19(30)20(34-16)26-10-9-17(28)23-21(26)31/h1-10,16,18-20,29-30H,11H2,(H,23,28,31)/t16-,18-,19-,20-,37?/m1/s1. The van der Waals surface area contributed by atoms with E-state index in [0.29, 0.717) is 11.0 Å². The van der Waals surface area contributed by atoms with Gasteiger partial charge >= 0.3 is 13.5 Å². The van der Waals surface area contributed by atoms with Crippen LogP contribution in [0.15, 0.2) is 70.4 Å². The Hall–Kier alpha value is -3.52. The average molecular weight is 552 g/mol. The van der Waals surface area contributed by atoms with Gasteiger partial charge in [-0.1, -0.05) is 40.7 Å². The predicted octanol–water partition coefficient (Wildman–Crippen LogP) is 0.886. The Morgan fingerprint density at radius 2 is 1.84 bits per heavy atom. The number of aromatic amines is 1. The zero-order chi connectivity index (χ0) is 26.2. The number of ether oxygens (including phenoxy) is 1. The van der Waals surface area contributed by atoms with Crippen molar-refractivity contribution < 1.29 is 33.2 Å². The first-order valence-electron chi connectivity index (χ1n) is 10.8. The van der Waals surface area contributed by atoms with Crippen molar-refractivity contribution in [1.82, 2.24) is 24.7 Å². The van der Waals surface area contributed by atoms with Crippen molar-refractivity contribution in [2.45, 2.75) is 24.5 Å². The molecule has 1 aliphatic heterocycles. The van der Waals surface area contributed by atoms with Gasteiger partial charge in [0.1, 0.15) is 29.3 Å². The zero-order valence-corrected chi connectivity index (χ0v) is 20.3. The highest BCUT2D eigenvalue weighted by Gasteiger charge is 2.46. The number of aliphatic hydroxyl groups is 2. The quantitative estimate of drug-likeness (QED) is 0.265. The first-order valence-corrected chi connectivity index (χ1v) is 12.6. The van der Waals surface area contributed by atoms with E-state index in [0.717, 1.165) is 21.7 Å². The van der Waals surface area contributed by atoms with Crippen molar-refractivity contribution in [2.75, 3.05) is 6.61 Å². The Kier molecular flexibility index (Phi) is 6.86. The molecule has 0 amide bonds. The Balaban J connectivity index is 1.39. The minimum atomic E-state index is -4.58. The van der Waals surface area contributed by atoms with Crippen LogP contribution in [-0.2, 0) is 13.8 Å². The van der Waals surface area contributed by atoms with E-state index in [4.69, 9.17) is 30.0 Å². The second-order valence-corrected chi connectivity index (χ2v) is 9.77. The van der Waals surface area contributed by atoms with Crippen LogP contribution in [0.5, 0.6) is 5.75 Å². The highest BCUT2D eigenvalue weighted by atomic mass is 35.5. The molecule has 1 saturated heterocycles. The van der Waals surface area contributed by atoms with E-state index in [9.17, 15) is 24.4 Å². The number of hydrogen-bond donors (Lipinski definition) is 3. The lowest BCUT2D eigenvalue weighted by Gasteiger charge is -2.21. The lowest BCUT2D eigenvalue weighted by atomic mass is 10.1. The fraction of sp³-hybridized carbons (Fsp3) is 0.238. The highest BCUT2D eigenvalue weighted by molar-refractivity contribution is 7.49. The molecule has 1 unspecified atom stereocenters. The first kappa shape index (κ1) is 25.1. The minimum absolute atomic E-state index is 0.0255. The molecule has 194 valence electrons. The molecular weight excluding hydrogens is 533 g/mol. The first-order chi connectivity index (χ1) is 17.7. The van der Waals surface area contributed by atoms with Gasteiger partial charge in [0, 0.05) is 12.3 Å². The summed E-state index contributed by atoms with van der Waals surface area (Å²) in [6.45, 7) is -0.610. The van der Waals surface area contributed by atoms with E-state index in [1.165, 1.54) is 12.1 Å². The predicted molar refractivity (Wildman–Crippen MR) is 127 cm³/mol. The van der Waals surface area contributed by atoms with Crippen LogP contribution in [0.2, 0.25) is 5.02 Å². The summed E-state index contributed by atoms with van der Waals surface area (Å²) in [5.74, 6) is -0.0255. The molecule has 5 rings (SSSR count). The lowest BCUT2D eigenvalue weighted by molar-refractivity contribution is -0.0552. The Morgan fingerprint density at radius 1 is 1.08 bits per heavy atom. The van der Waals surface area contributed by atoms with Crippen LogP contribution >= 0.6 is 19.4 Å². The second-order valence-electron chi connectivity index (χ2n) is 7.86. The van der Waals surface area contributed by atoms with E-state index >= 15 is 0 Å². The van der Waals surface area contributed by atoms with Crippen LogP contribution in [0.25, 0.3) is 11.0 Å². The van der Waals surface area contributed by atoms with E-state index < -0.39 is 50.2 Å². The van der Waals surface area contributed by atoms with Crippen molar-refractivity contribution in [3.05, 3.63) is 86.7 Å². The SMILES string of the molecule is O=c1ccn([C@@H]2O[C@H](COP(=O)(Oc3ccccc3Cl)On3nnc4ccccc43)[C@@H](O)[C@H]2O)c(=O)[nH]1. The topological polar surface area (TPSA) is 180 Å². The third kappa shape index (κ3) is 5.16. The normalized spacial score (nSPS) is 23.1. The number of H-pyrrole nitrogens is 1. The van der Waals surface area contributed by atoms with Crippen LogP contribution in [0.4, 0.5) is 0 Å². The van der Waals surface area contributed by atoms with Gasteiger partial charge in [-0.05, 0) is 29.5 Å². The molecule has 3 heterocycles. The van der Waals surface area contributed by atoms with E-state index in [1.54, 1.807) is 36.4 Å². The third-order valence-corrected chi connectivity index (χ3v) is 6.96. The number of halogens is 1. The summed E-state index contributed by atoms with van der Waals surface area (Å²) in [7, 11) is -4.58. The minimum Gasteiger partial charge on any atom is -0.392 e. The highest BCUT2D eigenvalue weighted by Crippen LogP contribution is 2.49. The number of hydrogen-bond acceptors (Lipinski definition) is 11. The molecule has 0 spiro atoms. The van der Waals surface area contributed by atoms with Gasteiger partial charge in [-0.25, -0.2) is 9.36 Å². The number of aliphatic hydroxyl groups excluding tert-OH is 2. The van der Waals surface area contributed by atoms with Gasteiger partial charge in [0.15, 0.2) is 12.0 Å². The van der Waals surface area contributed by atoms with Crippen LogP contribution in [0, 0.1) is 0 Å². The molecule has 0 bridgehead atoms.